The molecule has 0 N–H and O–H groups in total. The van der Waals surface area contributed by atoms with Crippen LogP contribution < -0.4 is 0 Å². The highest BCUT2D eigenvalue weighted by molar-refractivity contribution is 5.64. The van der Waals surface area contributed by atoms with Crippen LogP contribution in [0.4, 0.5) is 13.2 Å². The van der Waals surface area contributed by atoms with Gasteiger partial charge < -0.3 is 0 Å². The fourth-order valence-corrected chi connectivity index (χ4v) is 3.27. The Labute approximate surface area is 158 Å². The van der Waals surface area contributed by atoms with Crippen LogP contribution >= 0.6 is 0 Å². The molecule has 0 nitrogen and oxygen atoms in total. The average Bonchev–Trinajstić information content (AvgIpc) is 2.66. The predicted octanol–water partition coefficient (Wildman–Crippen LogP) is 6.82. The van der Waals surface area contributed by atoms with Gasteiger partial charge in [0.1, 0.15) is 5.82 Å². The average molecular weight is 368 g/mol. The molecule has 0 bridgehead atoms. The molecule has 0 saturated heterocycles. The van der Waals surface area contributed by atoms with Crippen molar-refractivity contribution in [1.82, 2.24) is 0 Å². The van der Waals surface area contributed by atoms with E-state index in [4.69, 9.17) is 0 Å². The first-order valence-electron chi connectivity index (χ1n) is 9.30. The summed E-state index contributed by atoms with van der Waals surface area (Å²) in [6, 6.07) is 16.1. The van der Waals surface area contributed by atoms with E-state index in [9.17, 15) is 13.2 Å². The van der Waals surface area contributed by atoms with E-state index in [1.165, 1.54) is 6.07 Å². The van der Waals surface area contributed by atoms with Crippen molar-refractivity contribution in [3.63, 3.8) is 0 Å². The fourth-order valence-electron chi connectivity index (χ4n) is 3.27. The number of benzene rings is 3. The standard InChI is InChI=1S/C24H23F3/c1-3-4-19-12-13-20(24(27)23(19)26)11-8-17-6-9-18(10-7-17)21-14-5-16(2)15-22(21)25/h5-7,9-10,12-15H,3-4,8,11H2,1-2H3. The van der Waals surface area contributed by atoms with Gasteiger partial charge in [-0.05, 0) is 60.1 Å². The first kappa shape index (κ1) is 19.2. The molecule has 0 atom stereocenters. The van der Waals surface area contributed by atoms with Gasteiger partial charge in [0.2, 0.25) is 0 Å². The summed E-state index contributed by atoms with van der Waals surface area (Å²) < 4.78 is 42.4. The quantitative estimate of drug-likeness (QED) is 0.448. The van der Waals surface area contributed by atoms with E-state index in [1.54, 1.807) is 18.2 Å². The number of halogens is 3. The van der Waals surface area contributed by atoms with Crippen molar-refractivity contribution < 1.29 is 13.2 Å². The van der Waals surface area contributed by atoms with Crippen LogP contribution in [0, 0.1) is 24.4 Å². The number of hydrogen-bond donors (Lipinski definition) is 0. The molecule has 0 spiro atoms. The summed E-state index contributed by atoms with van der Waals surface area (Å²) in [5.41, 5.74) is 4.07. The van der Waals surface area contributed by atoms with Crippen molar-refractivity contribution in [1.29, 1.82) is 0 Å². The van der Waals surface area contributed by atoms with Gasteiger partial charge >= 0.3 is 0 Å². The summed E-state index contributed by atoms with van der Waals surface area (Å²) in [6.45, 7) is 3.80. The highest BCUT2D eigenvalue weighted by Gasteiger charge is 2.13. The zero-order chi connectivity index (χ0) is 19.4. The Morgan fingerprint density at radius 2 is 1.33 bits per heavy atom. The maximum atomic E-state index is 14.2. The van der Waals surface area contributed by atoms with E-state index in [0.29, 0.717) is 36.0 Å². The van der Waals surface area contributed by atoms with Gasteiger partial charge in [-0.2, -0.15) is 0 Å². The number of aryl methyl sites for hydroxylation is 4. The highest BCUT2D eigenvalue weighted by Crippen LogP contribution is 2.25. The Bertz CT molecular complexity index is 927. The molecule has 0 aliphatic rings. The van der Waals surface area contributed by atoms with Crippen molar-refractivity contribution in [2.24, 2.45) is 0 Å². The minimum Gasteiger partial charge on any atom is -0.206 e. The Morgan fingerprint density at radius 3 is 1.93 bits per heavy atom. The first-order valence-corrected chi connectivity index (χ1v) is 9.30. The van der Waals surface area contributed by atoms with E-state index in [-0.39, 0.29) is 5.82 Å². The molecule has 3 rings (SSSR count). The van der Waals surface area contributed by atoms with Crippen LogP contribution in [-0.4, -0.2) is 0 Å². The van der Waals surface area contributed by atoms with E-state index < -0.39 is 11.6 Å². The van der Waals surface area contributed by atoms with Gasteiger partial charge in [-0.1, -0.05) is 61.9 Å². The molecular weight excluding hydrogens is 345 g/mol. The second kappa shape index (κ2) is 8.43. The lowest BCUT2D eigenvalue weighted by atomic mass is 9.98. The molecule has 0 radical (unpaired) electrons. The molecule has 0 aliphatic heterocycles. The van der Waals surface area contributed by atoms with Gasteiger partial charge in [0.25, 0.3) is 0 Å². The van der Waals surface area contributed by atoms with Crippen LogP contribution in [0.25, 0.3) is 11.1 Å². The van der Waals surface area contributed by atoms with Crippen molar-refractivity contribution >= 4 is 0 Å². The Hall–Kier alpha value is -2.55. The molecule has 27 heavy (non-hydrogen) atoms. The second-order valence-electron chi connectivity index (χ2n) is 6.94. The number of rotatable bonds is 6. The topological polar surface area (TPSA) is 0 Å². The summed E-state index contributed by atoms with van der Waals surface area (Å²) >= 11 is 0. The van der Waals surface area contributed by atoms with Crippen LogP contribution in [0.2, 0.25) is 0 Å². The first-order chi connectivity index (χ1) is 13.0. The van der Waals surface area contributed by atoms with Crippen molar-refractivity contribution in [2.75, 3.05) is 0 Å². The van der Waals surface area contributed by atoms with Crippen LogP contribution in [0.1, 0.15) is 35.6 Å². The fraction of sp³-hybridized carbons (Fsp3) is 0.250. The third-order valence-corrected chi connectivity index (χ3v) is 4.83. The SMILES string of the molecule is CCCc1ccc(CCc2ccc(-c3ccc(C)cc3F)cc2)c(F)c1F. The van der Waals surface area contributed by atoms with Crippen LogP contribution in [0.15, 0.2) is 54.6 Å². The largest absolute Gasteiger partial charge is 0.206 e. The third-order valence-electron chi connectivity index (χ3n) is 4.83. The van der Waals surface area contributed by atoms with Gasteiger partial charge in [-0.3, -0.25) is 0 Å². The van der Waals surface area contributed by atoms with E-state index in [2.05, 4.69) is 0 Å². The minimum atomic E-state index is -0.737. The Balaban J connectivity index is 1.71. The molecule has 0 heterocycles. The zero-order valence-electron chi connectivity index (χ0n) is 15.7. The van der Waals surface area contributed by atoms with E-state index in [1.807, 2.05) is 44.2 Å². The van der Waals surface area contributed by atoms with Crippen molar-refractivity contribution in [3.05, 3.63) is 94.3 Å². The van der Waals surface area contributed by atoms with Gasteiger partial charge in [-0.15, -0.1) is 0 Å². The van der Waals surface area contributed by atoms with Crippen LogP contribution in [0.3, 0.4) is 0 Å². The second-order valence-corrected chi connectivity index (χ2v) is 6.94. The lowest BCUT2D eigenvalue weighted by molar-refractivity contribution is 0.488. The monoisotopic (exact) mass is 368 g/mol. The van der Waals surface area contributed by atoms with E-state index in [0.717, 1.165) is 23.1 Å². The zero-order valence-corrected chi connectivity index (χ0v) is 15.7. The van der Waals surface area contributed by atoms with Gasteiger partial charge in [0.05, 0.1) is 0 Å². The summed E-state index contributed by atoms with van der Waals surface area (Å²) in [6.07, 6.45) is 2.34. The maximum absolute atomic E-state index is 14.2. The normalized spacial score (nSPS) is 11.0. The molecule has 0 fully saturated rings. The highest BCUT2D eigenvalue weighted by atomic mass is 19.2. The van der Waals surface area contributed by atoms with Crippen molar-refractivity contribution in [2.45, 2.75) is 39.5 Å². The molecule has 3 aromatic carbocycles. The van der Waals surface area contributed by atoms with Crippen LogP contribution in [-0.2, 0) is 19.3 Å². The molecule has 0 aromatic heterocycles. The molecule has 0 unspecified atom stereocenters. The third kappa shape index (κ3) is 4.41. The molecular formula is C24H23F3. The Kier molecular flexibility index (Phi) is 6.00. The smallest absolute Gasteiger partial charge is 0.162 e. The molecule has 3 aromatic rings. The summed E-state index contributed by atoms with van der Waals surface area (Å²) in [5, 5.41) is 0. The van der Waals surface area contributed by atoms with Gasteiger partial charge in [0.15, 0.2) is 11.6 Å². The lowest BCUT2D eigenvalue weighted by Gasteiger charge is -2.09. The Morgan fingerprint density at radius 1 is 0.704 bits per heavy atom. The van der Waals surface area contributed by atoms with E-state index >= 15 is 0 Å². The van der Waals surface area contributed by atoms with Gasteiger partial charge in [0, 0.05) is 5.56 Å². The molecule has 0 saturated carbocycles. The van der Waals surface area contributed by atoms with Crippen LogP contribution in [0.5, 0.6) is 0 Å². The molecule has 140 valence electrons. The molecule has 0 aliphatic carbocycles. The maximum Gasteiger partial charge on any atom is 0.162 e. The molecule has 3 heteroatoms. The summed E-state index contributed by atoms with van der Waals surface area (Å²) in [4.78, 5) is 0. The minimum absolute atomic E-state index is 0.243. The summed E-state index contributed by atoms with van der Waals surface area (Å²) in [5.74, 6) is -1.70. The molecule has 0 amide bonds. The predicted molar refractivity (Wildman–Crippen MR) is 104 cm³/mol. The van der Waals surface area contributed by atoms with Gasteiger partial charge in [-0.25, -0.2) is 13.2 Å². The van der Waals surface area contributed by atoms with Crippen molar-refractivity contribution in [3.8, 4) is 11.1 Å². The number of hydrogen-bond acceptors (Lipinski definition) is 0. The summed E-state index contributed by atoms with van der Waals surface area (Å²) in [7, 11) is 0. The lowest BCUT2D eigenvalue weighted by Crippen LogP contribution is -2.01.